The summed E-state index contributed by atoms with van der Waals surface area (Å²) in [7, 11) is 0. The van der Waals surface area contributed by atoms with Gasteiger partial charge in [-0.2, -0.15) is 18.3 Å². The van der Waals surface area contributed by atoms with Crippen LogP contribution in [0, 0.1) is 0 Å². The normalized spacial score (nSPS) is 19.5. The van der Waals surface area contributed by atoms with Crippen molar-refractivity contribution in [3.05, 3.63) is 47.7 Å². The van der Waals surface area contributed by atoms with Gasteiger partial charge in [0.25, 0.3) is 5.91 Å². The minimum absolute atomic E-state index is 0.00259. The first-order valence-corrected chi connectivity index (χ1v) is 9.40. The molecule has 0 radical (unpaired) electrons. The molecule has 156 valence electrons. The van der Waals surface area contributed by atoms with Crippen LogP contribution in [0.1, 0.15) is 48.3 Å². The molecule has 0 bridgehead atoms. The molecule has 1 amide bonds. The molecule has 2 aromatic rings. The number of nitrogens with zero attached hydrogens (tertiary/aromatic N) is 2. The second kappa shape index (κ2) is 8.27. The molecule has 0 spiro atoms. The van der Waals surface area contributed by atoms with Crippen LogP contribution in [-0.2, 0) is 0 Å². The molecule has 1 aromatic heterocycles. The van der Waals surface area contributed by atoms with Crippen molar-refractivity contribution in [2.45, 2.75) is 44.6 Å². The minimum Gasteiger partial charge on any atom is -0.367 e. The van der Waals surface area contributed by atoms with E-state index in [1.165, 1.54) is 0 Å². The number of carbonyl (C=O) groups excluding carboxylic acids is 1. The van der Waals surface area contributed by atoms with Gasteiger partial charge in [-0.15, -0.1) is 0 Å². The van der Waals surface area contributed by atoms with Crippen LogP contribution in [0.15, 0.2) is 36.5 Å². The summed E-state index contributed by atoms with van der Waals surface area (Å²) in [6.07, 6.45) is -3.51. The number of rotatable bonds is 3. The van der Waals surface area contributed by atoms with E-state index in [1.54, 1.807) is 6.92 Å². The molecule has 0 unspecified atom stereocenters. The van der Waals surface area contributed by atoms with E-state index in [9.17, 15) is 18.0 Å². The van der Waals surface area contributed by atoms with Crippen molar-refractivity contribution in [2.75, 3.05) is 5.32 Å². The highest BCUT2D eigenvalue weighted by Gasteiger charge is 2.46. The largest absolute Gasteiger partial charge is 0.410 e. The molecule has 29 heavy (non-hydrogen) atoms. The fourth-order valence-corrected chi connectivity index (χ4v) is 3.37. The van der Waals surface area contributed by atoms with Crippen molar-refractivity contribution in [3.63, 3.8) is 0 Å². The second-order valence-electron chi connectivity index (χ2n) is 6.87. The standard InChI is InChI=1S/C18H21F3N6OS/c1-10-8-14(18(19,20)21)27-15(23-10)13(9-22-27)16(28)25-26-17(29)24-11(2)12-6-4-3-5-7-12/h3-7,9-11,14,23H,8H2,1-2H3,(H,25,28)(H2,24,26,29)/t10-,11-,14+/m1/s1. The lowest BCUT2D eigenvalue weighted by atomic mass is 10.1. The summed E-state index contributed by atoms with van der Waals surface area (Å²) in [6, 6.07) is 7.22. The molecule has 0 fully saturated rings. The van der Waals surface area contributed by atoms with Crippen LogP contribution >= 0.6 is 12.2 Å². The lowest BCUT2D eigenvalue weighted by Gasteiger charge is -2.32. The Labute approximate surface area is 171 Å². The number of hydrogen-bond donors (Lipinski definition) is 4. The Morgan fingerprint density at radius 1 is 1.31 bits per heavy atom. The summed E-state index contributed by atoms with van der Waals surface area (Å²) >= 11 is 5.16. The summed E-state index contributed by atoms with van der Waals surface area (Å²) in [5.41, 5.74) is 5.96. The first kappa shape index (κ1) is 20.9. The van der Waals surface area contributed by atoms with Gasteiger partial charge in [0, 0.05) is 6.04 Å². The summed E-state index contributed by atoms with van der Waals surface area (Å²) in [6.45, 7) is 3.53. The van der Waals surface area contributed by atoms with Crippen molar-refractivity contribution in [1.82, 2.24) is 25.9 Å². The Kier molecular flexibility index (Phi) is 5.96. The van der Waals surface area contributed by atoms with Crippen LogP contribution < -0.4 is 21.5 Å². The van der Waals surface area contributed by atoms with Gasteiger partial charge in [0.15, 0.2) is 11.2 Å². The molecule has 3 rings (SSSR count). The maximum Gasteiger partial charge on any atom is 0.410 e. The highest BCUT2D eigenvalue weighted by atomic mass is 32.1. The smallest absolute Gasteiger partial charge is 0.367 e. The van der Waals surface area contributed by atoms with Crippen molar-refractivity contribution in [3.8, 4) is 0 Å². The van der Waals surface area contributed by atoms with E-state index in [0.717, 1.165) is 16.4 Å². The number of carbonyl (C=O) groups is 1. The Morgan fingerprint density at radius 2 is 2.00 bits per heavy atom. The number of anilines is 1. The number of aromatic nitrogens is 2. The third-order valence-electron chi connectivity index (χ3n) is 4.61. The highest BCUT2D eigenvalue weighted by molar-refractivity contribution is 7.80. The van der Waals surface area contributed by atoms with Crippen LogP contribution in [0.25, 0.3) is 0 Å². The zero-order valence-corrected chi connectivity index (χ0v) is 16.6. The SMILES string of the molecule is C[C@@H]1C[C@@H](C(F)(F)F)n2ncc(C(=O)NNC(=S)N[C@H](C)c3ccccc3)c2N1. The molecular formula is C18H21F3N6OS. The van der Waals surface area contributed by atoms with Gasteiger partial charge in [0.05, 0.1) is 12.2 Å². The van der Waals surface area contributed by atoms with Crippen LogP contribution in [0.5, 0.6) is 0 Å². The Hall–Kier alpha value is -2.82. The Morgan fingerprint density at radius 3 is 2.66 bits per heavy atom. The van der Waals surface area contributed by atoms with Crippen LogP contribution in [0.2, 0.25) is 0 Å². The number of nitrogens with one attached hydrogen (secondary N) is 4. The van der Waals surface area contributed by atoms with Crippen LogP contribution in [0.4, 0.5) is 19.0 Å². The van der Waals surface area contributed by atoms with E-state index in [-0.39, 0.29) is 29.0 Å². The number of amides is 1. The topological polar surface area (TPSA) is 83.0 Å². The molecule has 2 heterocycles. The van der Waals surface area contributed by atoms with Gasteiger partial charge in [0.1, 0.15) is 11.4 Å². The zero-order chi connectivity index (χ0) is 21.2. The number of hydrazine groups is 1. The maximum atomic E-state index is 13.3. The molecule has 7 nitrogen and oxygen atoms in total. The number of fused-ring (bicyclic) bond motifs is 1. The third kappa shape index (κ3) is 4.78. The average molecular weight is 426 g/mol. The predicted octanol–water partition coefficient (Wildman–Crippen LogP) is 3.06. The third-order valence-corrected chi connectivity index (χ3v) is 4.83. The molecule has 1 aromatic carbocycles. The molecule has 4 N–H and O–H groups in total. The summed E-state index contributed by atoms with van der Waals surface area (Å²) in [5, 5.41) is 9.85. The van der Waals surface area contributed by atoms with E-state index < -0.39 is 24.2 Å². The van der Waals surface area contributed by atoms with E-state index in [4.69, 9.17) is 12.2 Å². The van der Waals surface area contributed by atoms with Crippen molar-refractivity contribution >= 4 is 29.1 Å². The van der Waals surface area contributed by atoms with Gasteiger partial charge < -0.3 is 10.6 Å². The second-order valence-corrected chi connectivity index (χ2v) is 7.28. The Balaban J connectivity index is 1.63. The first-order chi connectivity index (χ1) is 13.7. The van der Waals surface area contributed by atoms with E-state index in [1.807, 2.05) is 37.3 Å². The first-order valence-electron chi connectivity index (χ1n) is 8.99. The number of thiocarbonyl (C=S) groups is 1. The number of hydrogen-bond acceptors (Lipinski definition) is 4. The average Bonchev–Trinajstić information content (AvgIpc) is 3.09. The van der Waals surface area contributed by atoms with Gasteiger partial charge in [-0.1, -0.05) is 30.3 Å². The van der Waals surface area contributed by atoms with Gasteiger partial charge in [-0.05, 0) is 38.0 Å². The summed E-state index contributed by atoms with van der Waals surface area (Å²) in [5.74, 6) is -0.618. The number of benzene rings is 1. The summed E-state index contributed by atoms with van der Waals surface area (Å²) < 4.78 is 40.7. The zero-order valence-electron chi connectivity index (χ0n) is 15.7. The van der Waals surface area contributed by atoms with Gasteiger partial charge >= 0.3 is 6.18 Å². The molecule has 11 heteroatoms. The maximum absolute atomic E-state index is 13.3. The predicted molar refractivity (Wildman–Crippen MR) is 106 cm³/mol. The van der Waals surface area contributed by atoms with Crippen molar-refractivity contribution in [1.29, 1.82) is 0 Å². The highest BCUT2D eigenvalue weighted by Crippen LogP contribution is 2.39. The van der Waals surface area contributed by atoms with Crippen LogP contribution in [0.3, 0.4) is 0 Å². The van der Waals surface area contributed by atoms with Gasteiger partial charge in [-0.3, -0.25) is 15.6 Å². The minimum atomic E-state index is -4.46. The number of halogens is 3. The lowest BCUT2D eigenvalue weighted by molar-refractivity contribution is -0.173. The lowest BCUT2D eigenvalue weighted by Crippen LogP contribution is -2.47. The Bertz CT molecular complexity index is 885. The molecule has 0 saturated heterocycles. The van der Waals surface area contributed by atoms with E-state index in [0.29, 0.717) is 0 Å². The molecular weight excluding hydrogens is 405 g/mol. The fourth-order valence-electron chi connectivity index (χ4n) is 3.15. The van der Waals surface area contributed by atoms with Crippen molar-refractivity contribution in [2.24, 2.45) is 0 Å². The van der Waals surface area contributed by atoms with Gasteiger partial charge in [-0.25, -0.2) is 4.68 Å². The van der Waals surface area contributed by atoms with E-state index >= 15 is 0 Å². The molecule has 3 atom stereocenters. The molecule has 1 aliphatic heterocycles. The van der Waals surface area contributed by atoms with Crippen LogP contribution in [-0.4, -0.2) is 33.0 Å². The fraction of sp³-hybridized carbons (Fsp3) is 0.389. The molecule has 0 aliphatic carbocycles. The summed E-state index contributed by atoms with van der Waals surface area (Å²) in [4.78, 5) is 12.5. The molecule has 1 aliphatic rings. The van der Waals surface area contributed by atoms with E-state index in [2.05, 4.69) is 26.6 Å². The van der Waals surface area contributed by atoms with Gasteiger partial charge in [0.2, 0.25) is 0 Å². The molecule has 0 saturated carbocycles. The quantitative estimate of drug-likeness (QED) is 0.446. The van der Waals surface area contributed by atoms with Crippen molar-refractivity contribution < 1.29 is 18.0 Å². The monoisotopic (exact) mass is 426 g/mol. The number of alkyl halides is 3.